The van der Waals surface area contributed by atoms with Gasteiger partial charge in [0.1, 0.15) is 0 Å². The first-order valence-electron chi connectivity index (χ1n) is 6.05. The maximum absolute atomic E-state index is 3.50. The predicted octanol–water partition coefficient (Wildman–Crippen LogP) is 3.49. The van der Waals surface area contributed by atoms with E-state index in [0.717, 1.165) is 13.1 Å². The zero-order chi connectivity index (χ0) is 11.1. The van der Waals surface area contributed by atoms with Gasteiger partial charge in [0.05, 0.1) is 0 Å². The second-order valence-electron chi connectivity index (χ2n) is 4.22. The van der Waals surface area contributed by atoms with Gasteiger partial charge in [-0.15, -0.1) is 0 Å². The number of hydrogen-bond donors (Lipinski definition) is 1. The van der Waals surface area contributed by atoms with Crippen LogP contribution < -0.4 is 5.32 Å². The summed E-state index contributed by atoms with van der Waals surface area (Å²) in [6, 6.07) is 8.87. The quantitative estimate of drug-likeness (QED) is 0.701. The second kappa shape index (κ2) is 6.62. The molecule has 1 heteroatoms. The maximum atomic E-state index is 3.50. The first-order chi connectivity index (χ1) is 7.27. The SMILES string of the molecule is CCCNCC(CC)c1cccc(C)c1. The Bertz CT molecular complexity index is 280. The molecule has 0 aliphatic heterocycles. The van der Waals surface area contributed by atoms with Crippen molar-refractivity contribution in [2.75, 3.05) is 13.1 Å². The van der Waals surface area contributed by atoms with Gasteiger partial charge in [0, 0.05) is 6.54 Å². The van der Waals surface area contributed by atoms with Gasteiger partial charge in [0.2, 0.25) is 0 Å². The molecular weight excluding hydrogens is 182 g/mol. The van der Waals surface area contributed by atoms with E-state index >= 15 is 0 Å². The molecular formula is C14H23N. The van der Waals surface area contributed by atoms with Crippen LogP contribution in [0.1, 0.15) is 43.7 Å². The molecule has 1 aromatic rings. The standard InChI is InChI=1S/C14H23N/c1-4-9-15-11-13(5-2)14-8-6-7-12(3)10-14/h6-8,10,13,15H,4-5,9,11H2,1-3H3. The highest BCUT2D eigenvalue weighted by molar-refractivity contribution is 5.25. The minimum atomic E-state index is 0.663. The Balaban J connectivity index is 2.57. The Morgan fingerprint density at radius 1 is 1.27 bits per heavy atom. The minimum absolute atomic E-state index is 0.663. The van der Waals surface area contributed by atoms with Crippen molar-refractivity contribution in [3.05, 3.63) is 35.4 Å². The third-order valence-corrected chi connectivity index (χ3v) is 2.82. The van der Waals surface area contributed by atoms with Gasteiger partial charge in [-0.25, -0.2) is 0 Å². The summed E-state index contributed by atoms with van der Waals surface area (Å²) in [5.41, 5.74) is 2.84. The van der Waals surface area contributed by atoms with Gasteiger partial charge in [0.15, 0.2) is 0 Å². The van der Waals surface area contributed by atoms with Gasteiger partial charge in [-0.05, 0) is 37.8 Å². The van der Waals surface area contributed by atoms with Crippen LogP contribution >= 0.6 is 0 Å². The fourth-order valence-corrected chi connectivity index (χ4v) is 1.88. The highest BCUT2D eigenvalue weighted by atomic mass is 14.8. The van der Waals surface area contributed by atoms with Crippen LogP contribution in [0.25, 0.3) is 0 Å². The molecule has 0 spiro atoms. The highest BCUT2D eigenvalue weighted by Crippen LogP contribution is 2.19. The predicted molar refractivity (Wildman–Crippen MR) is 67.4 cm³/mol. The number of benzene rings is 1. The molecule has 0 amide bonds. The van der Waals surface area contributed by atoms with Crippen LogP contribution in [0.5, 0.6) is 0 Å². The number of rotatable bonds is 6. The lowest BCUT2D eigenvalue weighted by atomic mass is 9.95. The molecule has 1 N–H and O–H groups in total. The average molecular weight is 205 g/mol. The highest BCUT2D eigenvalue weighted by Gasteiger charge is 2.08. The molecule has 0 fully saturated rings. The topological polar surface area (TPSA) is 12.0 Å². The summed E-state index contributed by atoms with van der Waals surface area (Å²) < 4.78 is 0. The first-order valence-corrected chi connectivity index (χ1v) is 6.05. The van der Waals surface area contributed by atoms with Crippen molar-refractivity contribution in [3.8, 4) is 0 Å². The summed E-state index contributed by atoms with van der Waals surface area (Å²) in [6.07, 6.45) is 2.42. The van der Waals surface area contributed by atoms with E-state index in [1.54, 1.807) is 0 Å². The third-order valence-electron chi connectivity index (χ3n) is 2.82. The summed E-state index contributed by atoms with van der Waals surface area (Å²) in [7, 11) is 0. The Labute approximate surface area is 93.9 Å². The lowest BCUT2D eigenvalue weighted by Crippen LogP contribution is -2.22. The fraction of sp³-hybridized carbons (Fsp3) is 0.571. The molecule has 0 aliphatic carbocycles. The Morgan fingerprint density at radius 2 is 2.07 bits per heavy atom. The van der Waals surface area contributed by atoms with Crippen molar-refractivity contribution < 1.29 is 0 Å². The van der Waals surface area contributed by atoms with Crippen molar-refractivity contribution in [1.29, 1.82) is 0 Å². The molecule has 0 aromatic heterocycles. The van der Waals surface area contributed by atoms with Crippen LogP contribution in [0.2, 0.25) is 0 Å². The summed E-state index contributed by atoms with van der Waals surface area (Å²) in [6.45, 7) is 8.87. The van der Waals surface area contributed by atoms with Gasteiger partial charge in [-0.3, -0.25) is 0 Å². The normalized spacial score (nSPS) is 12.7. The second-order valence-corrected chi connectivity index (χ2v) is 4.22. The number of hydrogen-bond acceptors (Lipinski definition) is 1. The molecule has 0 bridgehead atoms. The fourth-order valence-electron chi connectivity index (χ4n) is 1.88. The summed E-state index contributed by atoms with van der Waals surface area (Å²) >= 11 is 0. The van der Waals surface area contributed by atoms with Crippen molar-refractivity contribution in [1.82, 2.24) is 5.32 Å². The average Bonchev–Trinajstić information content (AvgIpc) is 2.24. The zero-order valence-electron chi connectivity index (χ0n) is 10.2. The lowest BCUT2D eigenvalue weighted by Gasteiger charge is -2.16. The van der Waals surface area contributed by atoms with E-state index < -0.39 is 0 Å². The molecule has 0 saturated carbocycles. The van der Waals surface area contributed by atoms with Crippen LogP contribution in [0.15, 0.2) is 24.3 Å². The molecule has 0 aliphatic rings. The number of aryl methyl sites for hydroxylation is 1. The maximum Gasteiger partial charge on any atom is 0.00200 e. The van der Waals surface area contributed by atoms with E-state index in [9.17, 15) is 0 Å². The van der Waals surface area contributed by atoms with Crippen LogP contribution in [0.4, 0.5) is 0 Å². The van der Waals surface area contributed by atoms with Gasteiger partial charge in [-0.2, -0.15) is 0 Å². The molecule has 1 rings (SSSR count). The van der Waals surface area contributed by atoms with Gasteiger partial charge >= 0.3 is 0 Å². The van der Waals surface area contributed by atoms with Crippen LogP contribution in [-0.2, 0) is 0 Å². The van der Waals surface area contributed by atoms with Crippen LogP contribution in [-0.4, -0.2) is 13.1 Å². The monoisotopic (exact) mass is 205 g/mol. The van der Waals surface area contributed by atoms with Gasteiger partial charge in [0.25, 0.3) is 0 Å². The summed E-state index contributed by atoms with van der Waals surface area (Å²) in [4.78, 5) is 0. The van der Waals surface area contributed by atoms with Crippen molar-refractivity contribution in [2.45, 2.75) is 39.5 Å². The van der Waals surface area contributed by atoms with Gasteiger partial charge < -0.3 is 5.32 Å². The van der Waals surface area contributed by atoms with E-state index in [1.807, 2.05) is 0 Å². The molecule has 1 atom stereocenters. The molecule has 15 heavy (non-hydrogen) atoms. The third kappa shape index (κ3) is 4.05. The first kappa shape index (κ1) is 12.3. The summed E-state index contributed by atoms with van der Waals surface area (Å²) in [5, 5.41) is 3.50. The van der Waals surface area contributed by atoms with Crippen molar-refractivity contribution in [2.24, 2.45) is 0 Å². The zero-order valence-corrected chi connectivity index (χ0v) is 10.2. The molecule has 0 saturated heterocycles. The van der Waals surface area contributed by atoms with E-state index in [-0.39, 0.29) is 0 Å². The number of nitrogens with one attached hydrogen (secondary N) is 1. The van der Waals surface area contributed by atoms with Crippen molar-refractivity contribution >= 4 is 0 Å². The van der Waals surface area contributed by atoms with E-state index in [4.69, 9.17) is 0 Å². The summed E-state index contributed by atoms with van der Waals surface area (Å²) in [5.74, 6) is 0.663. The smallest absolute Gasteiger partial charge is 0.00200 e. The molecule has 84 valence electrons. The molecule has 1 nitrogen and oxygen atoms in total. The minimum Gasteiger partial charge on any atom is -0.316 e. The van der Waals surface area contributed by atoms with Crippen LogP contribution in [0, 0.1) is 6.92 Å². The molecule has 1 unspecified atom stereocenters. The largest absolute Gasteiger partial charge is 0.316 e. The van der Waals surface area contributed by atoms with Gasteiger partial charge in [-0.1, -0.05) is 43.7 Å². The Kier molecular flexibility index (Phi) is 5.41. The molecule has 0 radical (unpaired) electrons. The van der Waals surface area contributed by atoms with Crippen molar-refractivity contribution in [3.63, 3.8) is 0 Å². The lowest BCUT2D eigenvalue weighted by molar-refractivity contribution is 0.567. The van der Waals surface area contributed by atoms with E-state index in [2.05, 4.69) is 50.4 Å². The molecule has 1 aromatic carbocycles. The Morgan fingerprint density at radius 3 is 2.67 bits per heavy atom. The van der Waals surface area contributed by atoms with Crippen LogP contribution in [0.3, 0.4) is 0 Å². The molecule has 0 heterocycles. The van der Waals surface area contributed by atoms with E-state index in [0.29, 0.717) is 5.92 Å². The van der Waals surface area contributed by atoms with E-state index in [1.165, 1.54) is 24.0 Å². The Hall–Kier alpha value is -0.820.